The molecule has 0 aromatic heterocycles. The van der Waals surface area contributed by atoms with Gasteiger partial charge in [-0.3, -0.25) is 9.59 Å². The van der Waals surface area contributed by atoms with Crippen molar-refractivity contribution in [2.75, 3.05) is 20.3 Å². The van der Waals surface area contributed by atoms with Crippen LogP contribution in [0.15, 0.2) is 35.4 Å². The third-order valence-corrected chi connectivity index (χ3v) is 6.61. The summed E-state index contributed by atoms with van der Waals surface area (Å²) in [5.74, 6) is 0.228. The Kier molecular flexibility index (Phi) is 7.18. The number of nitrogens with one attached hydrogen (secondary N) is 1. The molecule has 3 unspecified atom stereocenters. The Morgan fingerprint density at radius 2 is 2.17 bits per heavy atom. The molecule has 1 fully saturated rings. The Balaban J connectivity index is 1.61. The van der Waals surface area contributed by atoms with E-state index in [1.165, 1.54) is 11.8 Å². The van der Waals surface area contributed by atoms with Gasteiger partial charge in [0.05, 0.1) is 37.5 Å². The van der Waals surface area contributed by atoms with E-state index in [1.54, 1.807) is 18.2 Å². The first-order chi connectivity index (χ1) is 14.1. The number of benzene rings is 1. The quantitative estimate of drug-likeness (QED) is 0.706. The molecule has 29 heavy (non-hydrogen) atoms. The third-order valence-electron chi connectivity index (χ3n) is 5.26. The molecule has 0 bridgehead atoms. The largest absolute Gasteiger partial charge is 0.496 e. The average molecular weight is 416 g/mol. The summed E-state index contributed by atoms with van der Waals surface area (Å²) < 4.78 is 5.32. The van der Waals surface area contributed by atoms with Gasteiger partial charge >= 0.3 is 0 Å². The molecular formula is C21H25N3O4S. The minimum Gasteiger partial charge on any atom is -0.496 e. The maximum absolute atomic E-state index is 12.5. The molecule has 1 aromatic carbocycles. The zero-order chi connectivity index (χ0) is 20.8. The molecule has 3 rings (SSSR count). The predicted octanol–water partition coefficient (Wildman–Crippen LogP) is 2.03. The lowest BCUT2D eigenvalue weighted by Crippen LogP contribution is -2.38. The maximum atomic E-state index is 12.5. The van der Waals surface area contributed by atoms with Gasteiger partial charge in [-0.1, -0.05) is 18.2 Å². The lowest BCUT2D eigenvalue weighted by molar-refractivity contribution is -0.129. The van der Waals surface area contributed by atoms with Crippen LogP contribution in [0.5, 0.6) is 5.75 Å². The minimum atomic E-state index is -0.325. The Labute approximate surface area is 174 Å². The standard InChI is InChI=1S/C21H25N3O4S/c1-28-17-5-3-2-4-14(17)6-7-19(26)23-21-16(12-22)15-8-10-24(13-18(15)29-21)20(27)9-11-25/h2-5,13,15-16,21,25H,6-11H2,1H3,(H,23,26). The first-order valence-electron chi connectivity index (χ1n) is 9.67. The molecule has 2 heterocycles. The van der Waals surface area contributed by atoms with Crippen LogP contribution in [0.2, 0.25) is 0 Å². The maximum Gasteiger partial charge on any atom is 0.228 e. The molecule has 2 aliphatic heterocycles. The Morgan fingerprint density at radius 1 is 1.38 bits per heavy atom. The highest BCUT2D eigenvalue weighted by atomic mass is 32.2. The van der Waals surface area contributed by atoms with Crippen molar-refractivity contribution in [3.63, 3.8) is 0 Å². The van der Waals surface area contributed by atoms with Gasteiger partial charge in [0, 0.05) is 30.0 Å². The Morgan fingerprint density at radius 3 is 2.90 bits per heavy atom. The average Bonchev–Trinajstić information content (AvgIpc) is 3.08. The summed E-state index contributed by atoms with van der Waals surface area (Å²) in [6.07, 6.45) is 3.41. The number of rotatable bonds is 7. The molecule has 2 N–H and O–H groups in total. The first kappa shape index (κ1) is 21.2. The van der Waals surface area contributed by atoms with Crippen LogP contribution in [0.25, 0.3) is 0 Å². The molecular weight excluding hydrogens is 390 g/mol. The molecule has 7 nitrogen and oxygen atoms in total. The number of hydrogen-bond donors (Lipinski definition) is 2. The minimum absolute atomic E-state index is 0.0303. The summed E-state index contributed by atoms with van der Waals surface area (Å²) in [5.41, 5.74) is 0.968. The van der Waals surface area contributed by atoms with Crippen molar-refractivity contribution in [3.8, 4) is 11.8 Å². The number of carbonyl (C=O) groups is 2. The van der Waals surface area contributed by atoms with Crippen LogP contribution < -0.4 is 10.1 Å². The zero-order valence-electron chi connectivity index (χ0n) is 16.3. The van der Waals surface area contributed by atoms with E-state index < -0.39 is 0 Å². The van der Waals surface area contributed by atoms with Gasteiger partial charge < -0.3 is 20.1 Å². The van der Waals surface area contributed by atoms with E-state index >= 15 is 0 Å². The Hall–Kier alpha value is -2.50. The van der Waals surface area contributed by atoms with E-state index in [0.717, 1.165) is 16.2 Å². The summed E-state index contributed by atoms with van der Waals surface area (Å²) in [5, 5.41) is 21.3. The number of aryl methyl sites for hydroxylation is 1. The van der Waals surface area contributed by atoms with Crippen LogP contribution in [-0.2, 0) is 16.0 Å². The summed E-state index contributed by atoms with van der Waals surface area (Å²) in [7, 11) is 1.61. The number of fused-ring (bicyclic) bond motifs is 1. The summed E-state index contributed by atoms with van der Waals surface area (Å²) in [6.45, 7) is 0.348. The van der Waals surface area contributed by atoms with E-state index in [2.05, 4.69) is 11.4 Å². The van der Waals surface area contributed by atoms with E-state index in [1.807, 2.05) is 24.3 Å². The number of aliphatic hydroxyl groups is 1. The van der Waals surface area contributed by atoms with Crippen LogP contribution in [-0.4, -0.2) is 47.5 Å². The fourth-order valence-corrected chi connectivity index (χ4v) is 5.25. The second kappa shape index (κ2) is 9.81. The van der Waals surface area contributed by atoms with Crippen molar-refractivity contribution in [1.29, 1.82) is 5.26 Å². The molecule has 3 atom stereocenters. The molecule has 0 radical (unpaired) electrons. The van der Waals surface area contributed by atoms with Gasteiger partial charge in [-0.25, -0.2) is 0 Å². The number of thioether (sulfide) groups is 1. The number of allylic oxidation sites excluding steroid dienone is 1. The molecule has 1 saturated heterocycles. The van der Waals surface area contributed by atoms with E-state index in [9.17, 15) is 14.9 Å². The third kappa shape index (κ3) is 4.92. The zero-order valence-corrected chi connectivity index (χ0v) is 17.2. The highest BCUT2D eigenvalue weighted by Crippen LogP contribution is 2.48. The van der Waals surface area contributed by atoms with Crippen molar-refractivity contribution in [3.05, 3.63) is 40.9 Å². The van der Waals surface area contributed by atoms with Crippen molar-refractivity contribution >= 4 is 23.6 Å². The van der Waals surface area contributed by atoms with Gasteiger partial charge in [0.1, 0.15) is 5.75 Å². The van der Waals surface area contributed by atoms with Gasteiger partial charge in [0.25, 0.3) is 0 Å². The molecule has 2 amide bonds. The highest BCUT2D eigenvalue weighted by molar-refractivity contribution is 8.04. The van der Waals surface area contributed by atoms with Gasteiger partial charge in [-0.15, -0.1) is 11.8 Å². The summed E-state index contributed by atoms with van der Waals surface area (Å²) >= 11 is 1.45. The number of aliphatic hydroxyl groups excluding tert-OH is 1. The molecule has 0 spiro atoms. The van der Waals surface area contributed by atoms with Gasteiger partial charge in [-0.05, 0) is 24.5 Å². The number of nitriles is 1. The topological polar surface area (TPSA) is 103 Å². The van der Waals surface area contributed by atoms with Crippen molar-refractivity contribution in [1.82, 2.24) is 10.2 Å². The second-order valence-electron chi connectivity index (χ2n) is 7.06. The fourth-order valence-electron chi connectivity index (χ4n) is 3.74. The van der Waals surface area contributed by atoms with Crippen LogP contribution in [0.3, 0.4) is 0 Å². The number of para-hydroxylation sites is 1. The lowest BCUT2D eigenvalue weighted by atomic mass is 9.88. The van der Waals surface area contributed by atoms with Crippen LogP contribution in [0, 0.1) is 23.2 Å². The number of ether oxygens (including phenoxy) is 1. The molecule has 0 aliphatic carbocycles. The number of amides is 2. The summed E-state index contributed by atoms with van der Waals surface area (Å²) in [4.78, 5) is 27.1. The first-order valence-corrected chi connectivity index (χ1v) is 10.5. The summed E-state index contributed by atoms with van der Waals surface area (Å²) in [6, 6.07) is 9.94. The number of carbonyl (C=O) groups excluding carboxylic acids is 2. The normalized spacial score (nSPS) is 23.0. The van der Waals surface area contributed by atoms with E-state index in [-0.39, 0.29) is 42.1 Å². The SMILES string of the molecule is COc1ccccc1CCC(=O)NC1SC2=CN(C(=O)CCO)CCC2C1C#N. The van der Waals surface area contributed by atoms with Crippen LogP contribution in [0.1, 0.15) is 24.8 Å². The number of methoxy groups -OCH3 is 1. The van der Waals surface area contributed by atoms with E-state index in [4.69, 9.17) is 9.84 Å². The number of hydrogen-bond acceptors (Lipinski definition) is 6. The van der Waals surface area contributed by atoms with Gasteiger partial charge in [-0.2, -0.15) is 5.26 Å². The van der Waals surface area contributed by atoms with Crippen LogP contribution in [0.4, 0.5) is 0 Å². The number of nitrogens with zero attached hydrogens (tertiary/aromatic N) is 2. The smallest absolute Gasteiger partial charge is 0.228 e. The molecule has 1 aromatic rings. The van der Waals surface area contributed by atoms with Gasteiger partial charge in [0.2, 0.25) is 11.8 Å². The Bertz CT molecular complexity index is 835. The predicted molar refractivity (Wildman–Crippen MR) is 110 cm³/mol. The fraction of sp³-hybridized carbons (Fsp3) is 0.476. The highest BCUT2D eigenvalue weighted by Gasteiger charge is 2.43. The van der Waals surface area contributed by atoms with Gasteiger partial charge in [0.15, 0.2) is 0 Å². The van der Waals surface area contributed by atoms with E-state index in [0.29, 0.717) is 25.8 Å². The monoisotopic (exact) mass is 415 g/mol. The molecule has 8 heteroatoms. The molecule has 154 valence electrons. The lowest BCUT2D eigenvalue weighted by Gasteiger charge is -2.28. The molecule has 2 aliphatic rings. The van der Waals surface area contributed by atoms with Crippen molar-refractivity contribution < 1.29 is 19.4 Å². The van der Waals surface area contributed by atoms with Crippen LogP contribution >= 0.6 is 11.8 Å². The molecule has 0 saturated carbocycles. The van der Waals surface area contributed by atoms with Crippen molar-refractivity contribution in [2.24, 2.45) is 11.8 Å². The van der Waals surface area contributed by atoms with Crippen molar-refractivity contribution in [2.45, 2.75) is 31.1 Å². The second-order valence-corrected chi connectivity index (χ2v) is 8.28.